The number of aryl methyl sites for hydroxylation is 1. The molecule has 0 unspecified atom stereocenters. The van der Waals surface area contributed by atoms with Crippen molar-refractivity contribution >= 4 is 5.82 Å². The molecule has 0 spiro atoms. The maximum atomic E-state index is 10.6. The zero-order valence-electron chi connectivity index (χ0n) is 7.43. The maximum absolute atomic E-state index is 10.6. The van der Waals surface area contributed by atoms with Crippen molar-refractivity contribution in [2.75, 3.05) is 0 Å². The highest BCUT2D eigenvalue weighted by Gasteiger charge is 2.30. The number of hydrogen-bond acceptors (Lipinski definition) is 3. The third-order valence-corrected chi connectivity index (χ3v) is 2.26. The standard InChI is InChI=1S/C8H11N3O2/c1-2-10-8(11(12)13)5-7(9-10)6-3-4-6/h5-6H,2-4H2,1H3. The zero-order valence-corrected chi connectivity index (χ0v) is 7.43. The second-order valence-corrected chi connectivity index (χ2v) is 3.27. The molecule has 1 aromatic heterocycles. The van der Waals surface area contributed by atoms with E-state index in [1.54, 1.807) is 6.07 Å². The van der Waals surface area contributed by atoms with Gasteiger partial charge in [0, 0.05) is 5.92 Å². The first-order chi connectivity index (χ1) is 6.22. The van der Waals surface area contributed by atoms with Crippen LogP contribution in [0.1, 0.15) is 31.4 Å². The van der Waals surface area contributed by atoms with Crippen LogP contribution in [0.15, 0.2) is 6.07 Å². The van der Waals surface area contributed by atoms with E-state index in [2.05, 4.69) is 5.10 Å². The summed E-state index contributed by atoms with van der Waals surface area (Å²) in [6.45, 7) is 2.42. The number of hydrogen-bond donors (Lipinski definition) is 0. The van der Waals surface area contributed by atoms with Gasteiger partial charge in [-0.25, -0.2) is 0 Å². The van der Waals surface area contributed by atoms with Gasteiger partial charge in [0.15, 0.2) is 0 Å². The predicted octanol–water partition coefficient (Wildman–Crippen LogP) is 1.69. The highest BCUT2D eigenvalue weighted by molar-refractivity contribution is 5.27. The van der Waals surface area contributed by atoms with Crippen LogP contribution in [0.25, 0.3) is 0 Å². The van der Waals surface area contributed by atoms with Crippen LogP contribution >= 0.6 is 0 Å². The van der Waals surface area contributed by atoms with Gasteiger partial charge < -0.3 is 10.1 Å². The summed E-state index contributed by atoms with van der Waals surface area (Å²) in [6, 6.07) is 1.60. The quantitative estimate of drug-likeness (QED) is 0.526. The number of nitrogens with zero attached hydrogens (tertiary/aromatic N) is 3. The molecule has 13 heavy (non-hydrogen) atoms. The van der Waals surface area contributed by atoms with Crippen LogP contribution in [0.3, 0.4) is 0 Å². The minimum atomic E-state index is -0.373. The van der Waals surface area contributed by atoms with E-state index in [-0.39, 0.29) is 10.7 Å². The Morgan fingerprint density at radius 3 is 2.85 bits per heavy atom. The zero-order chi connectivity index (χ0) is 9.42. The van der Waals surface area contributed by atoms with E-state index in [9.17, 15) is 10.1 Å². The second kappa shape index (κ2) is 2.83. The average molecular weight is 181 g/mol. The SMILES string of the molecule is CCn1nc(C2CC2)cc1[N+](=O)[O-]. The van der Waals surface area contributed by atoms with Gasteiger partial charge in [-0.2, -0.15) is 0 Å². The summed E-state index contributed by atoms with van der Waals surface area (Å²) in [5.74, 6) is 0.593. The molecule has 1 aliphatic rings. The molecule has 0 bridgehead atoms. The van der Waals surface area contributed by atoms with Crippen LogP contribution in [-0.4, -0.2) is 14.7 Å². The van der Waals surface area contributed by atoms with Crippen LogP contribution < -0.4 is 0 Å². The summed E-state index contributed by atoms with van der Waals surface area (Å²) in [5.41, 5.74) is 0.883. The van der Waals surface area contributed by atoms with Crippen LogP contribution in [-0.2, 0) is 6.54 Å². The molecular weight excluding hydrogens is 170 g/mol. The Kier molecular flexibility index (Phi) is 1.79. The van der Waals surface area contributed by atoms with Gasteiger partial charge in [-0.05, 0) is 24.7 Å². The molecule has 2 rings (SSSR count). The molecule has 0 N–H and O–H groups in total. The summed E-state index contributed by atoms with van der Waals surface area (Å²) in [4.78, 5) is 10.2. The highest BCUT2D eigenvalue weighted by Crippen LogP contribution is 2.40. The Hall–Kier alpha value is -1.39. The molecule has 0 saturated heterocycles. The lowest BCUT2D eigenvalue weighted by molar-refractivity contribution is -0.392. The summed E-state index contributed by atoms with van der Waals surface area (Å²) >= 11 is 0. The van der Waals surface area contributed by atoms with Crippen molar-refractivity contribution in [3.63, 3.8) is 0 Å². The molecule has 0 atom stereocenters. The smallest absolute Gasteiger partial charge is 0.345 e. The van der Waals surface area contributed by atoms with Crippen LogP contribution in [0.5, 0.6) is 0 Å². The Balaban J connectivity index is 2.36. The van der Waals surface area contributed by atoms with E-state index < -0.39 is 0 Å². The predicted molar refractivity (Wildman–Crippen MR) is 46.5 cm³/mol. The van der Waals surface area contributed by atoms with Gasteiger partial charge in [-0.1, -0.05) is 5.10 Å². The van der Waals surface area contributed by atoms with Gasteiger partial charge in [0.1, 0.15) is 6.54 Å². The first-order valence-electron chi connectivity index (χ1n) is 4.44. The van der Waals surface area contributed by atoms with Crippen molar-refractivity contribution in [1.29, 1.82) is 0 Å². The Bertz CT molecular complexity index is 341. The van der Waals surface area contributed by atoms with Gasteiger partial charge in [-0.15, -0.1) is 4.68 Å². The fourth-order valence-corrected chi connectivity index (χ4v) is 1.38. The van der Waals surface area contributed by atoms with Gasteiger partial charge in [0.25, 0.3) is 0 Å². The fraction of sp³-hybridized carbons (Fsp3) is 0.625. The molecule has 0 aliphatic heterocycles. The molecule has 1 saturated carbocycles. The minimum absolute atomic E-state index is 0.115. The Morgan fingerprint density at radius 2 is 2.46 bits per heavy atom. The van der Waals surface area contributed by atoms with Crippen molar-refractivity contribution in [1.82, 2.24) is 9.78 Å². The van der Waals surface area contributed by atoms with E-state index in [1.807, 2.05) is 6.92 Å². The maximum Gasteiger partial charge on any atom is 0.345 e. The Labute approximate surface area is 75.5 Å². The average Bonchev–Trinajstić information content (AvgIpc) is 2.84. The van der Waals surface area contributed by atoms with E-state index in [0.29, 0.717) is 12.5 Å². The fourth-order valence-electron chi connectivity index (χ4n) is 1.38. The molecule has 70 valence electrons. The number of nitro groups is 1. The molecule has 1 fully saturated rings. The minimum Gasteiger partial charge on any atom is -0.358 e. The topological polar surface area (TPSA) is 61.0 Å². The van der Waals surface area contributed by atoms with Gasteiger partial charge in [0.2, 0.25) is 0 Å². The van der Waals surface area contributed by atoms with Gasteiger partial charge in [0.05, 0.1) is 11.8 Å². The normalized spacial score (nSPS) is 16.1. The third kappa shape index (κ3) is 1.41. The number of aromatic nitrogens is 2. The van der Waals surface area contributed by atoms with Gasteiger partial charge >= 0.3 is 5.82 Å². The first kappa shape index (κ1) is 8.22. The van der Waals surface area contributed by atoms with Crippen LogP contribution in [0.2, 0.25) is 0 Å². The summed E-state index contributed by atoms with van der Waals surface area (Å²) in [6.07, 6.45) is 2.25. The largest absolute Gasteiger partial charge is 0.358 e. The molecule has 0 aromatic carbocycles. The molecule has 0 radical (unpaired) electrons. The van der Waals surface area contributed by atoms with Crippen LogP contribution in [0.4, 0.5) is 5.82 Å². The van der Waals surface area contributed by atoms with Crippen molar-refractivity contribution in [2.45, 2.75) is 32.2 Å². The lowest BCUT2D eigenvalue weighted by Crippen LogP contribution is -2.02. The van der Waals surface area contributed by atoms with Crippen molar-refractivity contribution < 1.29 is 4.92 Å². The number of rotatable bonds is 3. The molecule has 1 aliphatic carbocycles. The lowest BCUT2D eigenvalue weighted by atomic mass is 10.3. The van der Waals surface area contributed by atoms with Crippen molar-refractivity contribution in [3.8, 4) is 0 Å². The molecule has 5 heteroatoms. The van der Waals surface area contributed by atoms with Crippen molar-refractivity contribution in [3.05, 3.63) is 21.9 Å². The van der Waals surface area contributed by atoms with E-state index in [0.717, 1.165) is 18.5 Å². The molecule has 5 nitrogen and oxygen atoms in total. The second-order valence-electron chi connectivity index (χ2n) is 3.27. The highest BCUT2D eigenvalue weighted by atomic mass is 16.6. The van der Waals surface area contributed by atoms with E-state index in [4.69, 9.17) is 0 Å². The van der Waals surface area contributed by atoms with E-state index in [1.165, 1.54) is 4.68 Å². The van der Waals surface area contributed by atoms with Crippen molar-refractivity contribution in [2.24, 2.45) is 0 Å². The lowest BCUT2D eigenvalue weighted by Gasteiger charge is -1.92. The Morgan fingerprint density at radius 1 is 1.77 bits per heavy atom. The molecule has 1 heterocycles. The third-order valence-electron chi connectivity index (χ3n) is 2.26. The first-order valence-corrected chi connectivity index (χ1v) is 4.44. The molecule has 0 amide bonds. The van der Waals surface area contributed by atoms with Crippen LogP contribution in [0, 0.1) is 10.1 Å². The van der Waals surface area contributed by atoms with Gasteiger partial charge in [-0.3, -0.25) is 0 Å². The summed E-state index contributed by atoms with van der Waals surface area (Å²) < 4.78 is 1.45. The monoisotopic (exact) mass is 181 g/mol. The molecular formula is C8H11N3O2. The van der Waals surface area contributed by atoms with E-state index >= 15 is 0 Å². The summed E-state index contributed by atoms with van der Waals surface area (Å²) in [5, 5.41) is 14.8. The summed E-state index contributed by atoms with van der Waals surface area (Å²) in [7, 11) is 0. The molecule has 1 aromatic rings.